The third kappa shape index (κ3) is 3.07. The normalized spacial score (nSPS) is 10.4. The molecular weight excluding hydrogens is 244 g/mol. The molecule has 0 bridgehead atoms. The van der Waals surface area contributed by atoms with Crippen molar-refractivity contribution in [3.8, 4) is 0 Å². The highest BCUT2D eigenvalue weighted by atomic mass is 16.4. The minimum atomic E-state index is -0.942. The number of carbonyl (C=O) groups is 2. The zero-order chi connectivity index (χ0) is 13.8. The number of pyridine rings is 1. The molecule has 0 saturated carbocycles. The van der Waals surface area contributed by atoms with Crippen molar-refractivity contribution in [1.82, 2.24) is 10.3 Å². The van der Waals surface area contributed by atoms with E-state index >= 15 is 0 Å². The zero-order valence-corrected chi connectivity index (χ0v) is 10.5. The number of carboxylic acids is 1. The predicted molar refractivity (Wildman–Crippen MR) is 71.1 cm³/mol. The van der Waals surface area contributed by atoms with Crippen LogP contribution in [0.15, 0.2) is 30.3 Å². The number of nitrogens with zero attached hydrogens (tertiary/aromatic N) is 1. The predicted octanol–water partition coefficient (Wildman–Crippen LogP) is 1.75. The zero-order valence-electron chi connectivity index (χ0n) is 10.5. The SMILES string of the molecule is Cc1cc(C(=O)NCCC(=O)O)nc2ccccc12. The molecule has 0 saturated heterocycles. The molecule has 98 valence electrons. The summed E-state index contributed by atoms with van der Waals surface area (Å²) < 4.78 is 0. The van der Waals surface area contributed by atoms with E-state index in [0.717, 1.165) is 16.5 Å². The van der Waals surface area contributed by atoms with E-state index in [1.165, 1.54) is 0 Å². The molecule has 0 spiro atoms. The van der Waals surface area contributed by atoms with Gasteiger partial charge in [-0.25, -0.2) is 4.98 Å². The molecule has 0 fully saturated rings. The Morgan fingerprint density at radius 3 is 2.79 bits per heavy atom. The lowest BCUT2D eigenvalue weighted by Gasteiger charge is -2.06. The monoisotopic (exact) mass is 258 g/mol. The Bertz CT molecular complexity index is 638. The lowest BCUT2D eigenvalue weighted by molar-refractivity contribution is -0.136. The van der Waals surface area contributed by atoms with Gasteiger partial charge < -0.3 is 10.4 Å². The third-order valence-corrected chi connectivity index (χ3v) is 2.78. The van der Waals surface area contributed by atoms with E-state index in [0.29, 0.717) is 5.69 Å². The van der Waals surface area contributed by atoms with Crippen molar-refractivity contribution in [2.45, 2.75) is 13.3 Å². The highest BCUT2D eigenvalue weighted by Gasteiger charge is 2.10. The number of hydrogen-bond donors (Lipinski definition) is 2. The second-order valence-corrected chi connectivity index (χ2v) is 4.24. The third-order valence-electron chi connectivity index (χ3n) is 2.78. The van der Waals surface area contributed by atoms with Gasteiger partial charge in [-0.2, -0.15) is 0 Å². The van der Waals surface area contributed by atoms with Crippen LogP contribution in [0.5, 0.6) is 0 Å². The van der Waals surface area contributed by atoms with Gasteiger partial charge in [0.1, 0.15) is 5.69 Å². The summed E-state index contributed by atoms with van der Waals surface area (Å²) in [6.45, 7) is 2.01. The summed E-state index contributed by atoms with van der Waals surface area (Å²) in [4.78, 5) is 26.5. The number of benzene rings is 1. The number of aromatic nitrogens is 1. The number of rotatable bonds is 4. The van der Waals surface area contributed by atoms with Crippen LogP contribution < -0.4 is 5.32 Å². The number of aryl methyl sites for hydroxylation is 1. The Balaban J connectivity index is 2.20. The van der Waals surface area contributed by atoms with Crippen molar-refractivity contribution in [2.75, 3.05) is 6.54 Å². The number of nitrogens with one attached hydrogen (secondary N) is 1. The summed E-state index contributed by atoms with van der Waals surface area (Å²) in [6, 6.07) is 9.28. The molecule has 1 aromatic heterocycles. The van der Waals surface area contributed by atoms with Gasteiger partial charge in [0.25, 0.3) is 5.91 Å². The average molecular weight is 258 g/mol. The minimum Gasteiger partial charge on any atom is -0.481 e. The Morgan fingerprint density at radius 1 is 1.32 bits per heavy atom. The second-order valence-electron chi connectivity index (χ2n) is 4.24. The van der Waals surface area contributed by atoms with E-state index in [9.17, 15) is 9.59 Å². The van der Waals surface area contributed by atoms with Crippen LogP contribution in [-0.2, 0) is 4.79 Å². The van der Waals surface area contributed by atoms with Crippen LogP contribution in [0.1, 0.15) is 22.5 Å². The van der Waals surface area contributed by atoms with Gasteiger partial charge in [-0.15, -0.1) is 0 Å². The summed E-state index contributed by atoms with van der Waals surface area (Å²) in [5, 5.41) is 12.1. The van der Waals surface area contributed by atoms with Crippen LogP contribution in [0.25, 0.3) is 10.9 Å². The van der Waals surface area contributed by atoms with Crippen molar-refractivity contribution in [3.63, 3.8) is 0 Å². The maximum absolute atomic E-state index is 11.9. The summed E-state index contributed by atoms with van der Waals surface area (Å²) in [6.07, 6.45) is -0.0989. The summed E-state index contributed by atoms with van der Waals surface area (Å²) in [5.74, 6) is -1.29. The first-order valence-corrected chi connectivity index (χ1v) is 5.94. The standard InChI is InChI=1S/C14H14N2O3/c1-9-8-12(14(19)15-7-6-13(17)18)16-11-5-3-2-4-10(9)11/h2-5,8H,6-7H2,1H3,(H,15,19)(H,17,18). The molecule has 19 heavy (non-hydrogen) atoms. The van der Waals surface area contributed by atoms with Gasteiger partial charge in [0.05, 0.1) is 11.9 Å². The van der Waals surface area contributed by atoms with Crippen LogP contribution in [0.3, 0.4) is 0 Å². The maximum atomic E-state index is 11.9. The van der Waals surface area contributed by atoms with Gasteiger partial charge in [0.2, 0.25) is 0 Å². The minimum absolute atomic E-state index is 0.0989. The number of fused-ring (bicyclic) bond motifs is 1. The van der Waals surface area contributed by atoms with E-state index < -0.39 is 5.97 Å². The fourth-order valence-corrected chi connectivity index (χ4v) is 1.84. The van der Waals surface area contributed by atoms with E-state index in [2.05, 4.69) is 10.3 Å². The first-order chi connectivity index (χ1) is 9.08. The van der Waals surface area contributed by atoms with Gasteiger partial charge in [0.15, 0.2) is 0 Å². The second kappa shape index (κ2) is 5.48. The maximum Gasteiger partial charge on any atom is 0.305 e. The number of hydrogen-bond acceptors (Lipinski definition) is 3. The molecule has 1 heterocycles. The molecule has 2 aromatic rings. The molecular formula is C14H14N2O3. The summed E-state index contributed by atoms with van der Waals surface area (Å²) in [5.41, 5.74) is 2.03. The van der Waals surface area contributed by atoms with Crippen LogP contribution >= 0.6 is 0 Å². The van der Waals surface area contributed by atoms with Crippen LogP contribution in [0, 0.1) is 6.92 Å². The highest BCUT2D eigenvalue weighted by molar-refractivity contribution is 5.96. The molecule has 0 aliphatic heterocycles. The quantitative estimate of drug-likeness (QED) is 0.875. The molecule has 0 radical (unpaired) electrons. The molecule has 1 amide bonds. The Labute approximate surface area is 110 Å². The van der Waals surface area contributed by atoms with E-state index in [-0.39, 0.29) is 18.9 Å². The topological polar surface area (TPSA) is 79.3 Å². The molecule has 2 rings (SSSR count). The molecule has 0 unspecified atom stereocenters. The Hall–Kier alpha value is -2.43. The fraction of sp³-hybridized carbons (Fsp3) is 0.214. The van der Waals surface area contributed by atoms with Gasteiger partial charge in [-0.3, -0.25) is 9.59 Å². The summed E-state index contributed by atoms with van der Waals surface area (Å²) >= 11 is 0. The first kappa shape index (κ1) is 13.0. The lowest BCUT2D eigenvalue weighted by atomic mass is 10.1. The van der Waals surface area contributed by atoms with Crippen molar-refractivity contribution < 1.29 is 14.7 Å². The molecule has 5 heteroatoms. The molecule has 0 atom stereocenters. The lowest BCUT2D eigenvalue weighted by Crippen LogP contribution is -2.26. The number of carbonyl (C=O) groups excluding carboxylic acids is 1. The van der Waals surface area contributed by atoms with Gasteiger partial charge in [0, 0.05) is 11.9 Å². The Kier molecular flexibility index (Phi) is 3.75. The highest BCUT2D eigenvalue weighted by Crippen LogP contribution is 2.17. The molecule has 0 aliphatic rings. The average Bonchev–Trinajstić information content (AvgIpc) is 2.38. The first-order valence-electron chi connectivity index (χ1n) is 5.94. The van der Waals surface area contributed by atoms with E-state index in [4.69, 9.17) is 5.11 Å². The van der Waals surface area contributed by atoms with E-state index in [1.54, 1.807) is 6.07 Å². The van der Waals surface area contributed by atoms with Gasteiger partial charge in [-0.1, -0.05) is 18.2 Å². The molecule has 0 aliphatic carbocycles. The molecule has 5 nitrogen and oxygen atoms in total. The smallest absolute Gasteiger partial charge is 0.305 e. The number of carboxylic acid groups (broad SMARTS) is 1. The van der Waals surface area contributed by atoms with E-state index in [1.807, 2.05) is 31.2 Å². The van der Waals surface area contributed by atoms with Crippen LogP contribution in [0.2, 0.25) is 0 Å². The molecule has 2 N–H and O–H groups in total. The van der Waals surface area contributed by atoms with Crippen molar-refractivity contribution >= 4 is 22.8 Å². The number of para-hydroxylation sites is 1. The number of amides is 1. The van der Waals surface area contributed by atoms with Crippen molar-refractivity contribution in [1.29, 1.82) is 0 Å². The van der Waals surface area contributed by atoms with Crippen LogP contribution in [-0.4, -0.2) is 28.5 Å². The van der Waals surface area contributed by atoms with Crippen molar-refractivity contribution in [2.24, 2.45) is 0 Å². The summed E-state index contributed by atoms with van der Waals surface area (Å²) in [7, 11) is 0. The van der Waals surface area contributed by atoms with Gasteiger partial charge >= 0.3 is 5.97 Å². The largest absolute Gasteiger partial charge is 0.481 e. The van der Waals surface area contributed by atoms with Gasteiger partial charge in [-0.05, 0) is 24.6 Å². The van der Waals surface area contributed by atoms with Crippen LogP contribution in [0.4, 0.5) is 0 Å². The fourth-order valence-electron chi connectivity index (χ4n) is 1.84. The molecule has 1 aromatic carbocycles. The Morgan fingerprint density at radius 2 is 2.05 bits per heavy atom. The number of aliphatic carboxylic acids is 1. The van der Waals surface area contributed by atoms with Crippen molar-refractivity contribution in [3.05, 3.63) is 41.6 Å².